The highest BCUT2D eigenvalue weighted by molar-refractivity contribution is 7.80. The van der Waals surface area contributed by atoms with Crippen LogP contribution in [0.3, 0.4) is 0 Å². The molecule has 40 valence electrons. The molecule has 0 aromatic heterocycles. The maximum absolute atomic E-state index is 4.60. The lowest BCUT2D eigenvalue weighted by atomic mass is 10.8. The van der Waals surface area contributed by atoms with Crippen LogP contribution in [0.5, 0.6) is 0 Å². The Morgan fingerprint density at radius 1 is 1.71 bits per heavy atom. The lowest BCUT2D eigenvalue weighted by Gasteiger charge is -1.86. The molecule has 0 radical (unpaired) electrons. The van der Waals surface area contributed by atoms with Gasteiger partial charge in [0.1, 0.15) is 0 Å². The van der Waals surface area contributed by atoms with Crippen LogP contribution >= 0.6 is 12.2 Å². The molecule has 4 heteroatoms. The molecule has 0 aliphatic carbocycles. The van der Waals surface area contributed by atoms with Crippen molar-refractivity contribution in [3.05, 3.63) is 0 Å². The van der Waals surface area contributed by atoms with E-state index in [-0.39, 0.29) is 0 Å². The third-order valence-electron chi connectivity index (χ3n) is 0.307. The zero-order valence-electron chi connectivity index (χ0n) is 4.30. The van der Waals surface area contributed by atoms with Crippen molar-refractivity contribution >= 4 is 17.2 Å². The van der Waals surface area contributed by atoms with E-state index in [4.69, 9.17) is 0 Å². The molecule has 0 saturated carbocycles. The van der Waals surface area contributed by atoms with Crippen molar-refractivity contribution < 1.29 is 0 Å². The number of thiocarbonyl (C=S) groups is 1. The Balaban J connectivity index is 3.14. The summed E-state index contributed by atoms with van der Waals surface area (Å²) < 4.78 is 0. The van der Waals surface area contributed by atoms with E-state index in [1.165, 1.54) is 0 Å². The molecule has 0 bridgehead atoms. The van der Waals surface area contributed by atoms with E-state index in [2.05, 4.69) is 28.0 Å². The number of hydrogen-bond donors (Lipinski definition) is 1. The molecule has 0 aliphatic rings. The Bertz CT molecular complexity index is 88.2. The summed E-state index contributed by atoms with van der Waals surface area (Å²) in [6, 6.07) is 0. The van der Waals surface area contributed by atoms with E-state index in [1.54, 1.807) is 14.0 Å². The molecular formula is C3H7N3S. The highest BCUT2D eigenvalue weighted by Crippen LogP contribution is 1.66. The van der Waals surface area contributed by atoms with Crippen LogP contribution in [0.25, 0.3) is 0 Å². The van der Waals surface area contributed by atoms with Crippen molar-refractivity contribution in [3.63, 3.8) is 0 Å². The SMILES string of the molecule is CN=NNC(C)=S. The second kappa shape index (κ2) is 3.67. The van der Waals surface area contributed by atoms with E-state index >= 15 is 0 Å². The average Bonchev–Trinajstić information content (AvgIpc) is 1.61. The first kappa shape index (κ1) is 6.49. The Morgan fingerprint density at radius 3 is 2.43 bits per heavy atom. The van der Waals surface area contributed by atoms with Crippen molar-refractivity contribution in [2.45, 2.75) is 6.92 Å². The van der Waals surface area contributed by atoms with Crippen LogP contribution in [-0.2, 0) is 0 Å². The second-order valence-electron chi connectivity index (χ2n) is 0.968. The van der Waals surface area contributed by atoms with Gasteiger partial charge >= 0.3 is 0 Å². The highest BCUT2D eigenvalue weighted by atomic mass is 32.1. The molecule has 0 fully saturated rings. The zero-order valence-corrected chi connectivity index (χ0v) is 5.12. The predicted molar refractivity (Wildman–Crippen MR) is 32.2 cm³/mol. The number of nitrogens with zero attached hydrogens (tertiary/aromatic N) is 2. The summed E-state index contributed by atoms with van der Waals surface area (Å²) in [5.41, 5.74) is 2.48. The smallest absolute Gasteiger partial charge is 0.0947 e. The third-order valence-corrected chi connectivity index (χ3v) is 0.399. The van der Waals surface area contributed by atoms with Crippen molar-refractivity contribution in [1.29, 1.82) is 0 Å². The highest BCUT2D eigenvalue weighted by Gasteiger charge is 1.73. The Morgan fingerprint density at radius 2 is 2.29 bits per heavy atom. The summed E-state index contributed by atoms with van der Waals surface area (Å²) >= 11 is 4.60. The lowest BCUT2D eigenvalue weighted by molar-refractivity contribution is 0.901. The van der Waals surface area contributed by atoms with Crippen LogP contribution in [0.2, 0.25) is 0 Å². The van der Waals surface area contributed by atoms with Gasteiger partial charge in [-0.2, -0.15) is 5.11 Å². The first-order valence-electron chi connectivity index (χ1n) is 1.82. The molecule has 0 amide bonds. The fourth-order valence-electron chi connectivity index (χ4n) is 0.120. The quantitative estimate of drug-likeness (QED) is 0.315. The van der Waals surface area contributed by atoms with Gasteiger partial charge < -0.3 is 0 Å². The van der Waals surface area contributed by atoms with Gasteiger partial charge in [-0.25, -0.2) is 0 Å². The molecule has 0 atom stereocenters. The van der Waals surface area contributed by atoms with Crippen LogP contribution in [0.1, 0.15) is 6.92 Å². The van der Waals surface area contributed by atoms with Crippen molar-refractivity contribution in [3.8, 4) is 0 Å². The fourth-order valence-corrected chi connectivity index (χ4v) is 0.161. The molecule has 0 aromatic carbocycles. The van der Waals surface area contributed by atoms with Crippen LogP contribution in [0.4, 0.5) is 0 Å². The van der Waals surface area contributed by atoms with Gasteiger partial charge in [-0.1, -0.05) is 17.4 Å². The minimum absolute atomic E-state index is 0.630. The molecule has 3 nitrogen and oxygen atoms in total. The zero-order chi connectivity index (χ0) is 5.70. The van der Waals surface area contributed by atoms with Crippen LogP contribution < -0.4 is 5.43 Å². The van der Waals surface area contributed by atoms with Crippen molar-refractivity contribution in [1.82, 2.24) is 5.43 Å². The standard InChI is InChI=1S/C3H7N3S/c1-3(7)5-6-4-2/h1-2H3,(H,4,5,7). The summed E-state index contributed by atoms with van der Waals surface area (Å²) in [5.74, 6) is 0. The second-order valence-corrected chi connectivity index (χ2v) is 1.58. The molecule has 0 rings (SSSR count). The monoisotopic (exact) mass is 117 g/mol. The minimum atomic E-state index is 0.630. The molecule has 7 heavy (non-hydrogen) atoms. The Hall–Kier alpha value is -0.510. The number of nitrogens with one attached hydrogen (secondary N) is 1. The summed E-state index contributed by atoms with van der Waals surface area (Å²) in [7, 11) is 1.57. The normalized spacial score (nSPS) is 9.43. The van der Waals surface area contributed by atoms with E-state index in [9.17, 15) is 0 Å². The Kier molecular flexibility index (Phi) is 3.40. The molecule has 0 saturated heterocycles. The molecule has 0 spiro atoms. The molecule has 0 aliphatic heterocycles. The van der Waals surface area contributed by atoms with Gasteiger partial charge in [-0.3, -0.25) is 5.43 Å². The van der Waals surface area contributed by atoms with E-state index < -0.39 is 0 Å². The molecule has 0 aromatic rings. The van der Waals surface area contributed by atoms with Crippen molar-refractivity contribution in [2.75, 3.05) is 7.05 Å². The first-order chi connectivity index (χ1) is 3.27. The molecular weight excluding hydrogens is 110 g/mol. The predicted octanol–water partition coefficient (Wildman–Crippen LogP) is 0.920. The van der Waals surface area contributed by atoms with E-state index in [1.807, 2.05) is 0 Å². The average molecular weight is 117 g/mol. The third kappa shape index (κ3) is 5.49. The minimum Gasteiger partial charge on any atom is -0.254 e. The topological polar surface area (TPSA) is 36.8 Å². The van der Waals surface area contributed by atoms with E-state index in [0.717, 1.165) is 0 Å². The number of hydrogen-bond acceptors (Lipinski definition) is 3. The van der Waals surface area contributed by atoms with Crippen molar-refractivity contribution in [2.24, 2.45) is 10.3 Å². The summed E-state index contributed by atoms with van der Waals surface area (Å²) in [6.45, 7) is 1.74. The molecule has 0 unspecified atom stereocenters. The van der Waals surface area contributed by atoms with Crippen LogP contribution in [-0.4, -0.2) is 12.0 Å². The lowest BCUT2D eigenvalue weighted by Crippen LogP contribution is -2.08. The fraction of sp³-hybridized carbons (Fsp3) is 0.667. The van der Waals surface area contributed by atoms with Gasteiger partial charge in [0.05, 0.1) is 12.0 Å². The Labute approximate surface area is 47.8 Å². The molecule has 1 N–H and O–H groups in total. The van der Waals surface area contributed by atoms with Gasteiger partial charge in [0.25, 0.3) is 0 Å². The van der Waals surface area contributed by atoms with Crippen LogP contribution in [0, 0.1) is 0 Å². The summed E-state index contributed by atoms with van der Waals surface area (Å²) in [5, 5.41) is 6.81. The van der Waals surface area contributed by atoms with Gasteiger partial charge in [0.15, 0.2) is 0 Å². The summed E-state index contributed by atoms with van der Waals surface area (Å²) in [6.07, 6.45) is 0. The summed E-state index contributed by atoms with van der Waals surface area (Å²) in [4.78, 5) is 0.630. The van der Waals surface area contributed by atoms with Crippen LogP contribution in [0.15, 0.2) is 10.3 Å². The van der Waals surface area contributed by atoms with Gasteiger partial charge in [-0.15, -0.1) is 0 Å². The van der Waals surface area contributed by atoms with Gasteiger partial charge in [-0.05, 0) is 6.92 Å². The maximum Gasteiger partial charge on any atom is 0.0947 e. The first-order valence-corrected chi connectivity index (χ1v) is 2.23. The van der Waals surface area contributed by atoms with E-state index in [0.29, 0.717) is 4.99 Å². The maximum atomic E-state index is 4.60. The molecule has 0 heterocycles. The number of rotatable bonds is 1. The largest absolute Gasteiger partial charge is 0.254 e. The van der Waals surface area contributed by atoms with Gasteiger partial charge in [0, 0.05) is 0 Å². The van der Waals surface area contributed by atoms with Gasteiger partial charge in [0.2, 0.25) is 0 Å².